The number of aliphatic hydroxyl groups is 1. The van der Waals surface area contributed by atoms with Crippen LogP contribution in [0.25, 0.3) is 0 Å². The zero-order chi connectivity index (χ0) is 23.6. The van der Waals surface area contributed by atoms with E-state index in [4.69, 9.17) is 9.47 Å². The summed E-state index contributed by atoms with van der Waals surface area (Å²) in [4.78, 5) is 28.3. The number of Topliss-reactive ketones (excluding diaryl/α,β-unsaturated/α-hetero) is 1. The fraction of sp³-hybridized carbons (Fsp3) is 0.231. The SMILES string of the molecule is COc1ccc(C(=O)C[C@]2(O)C(=O)N(CCc3ccccc3)c3ccc(Br)cc32)c(OC)c1. The molecule has 0 unspecified atom stereocenters. The first-order chi connectivity index (χ1) is 15.9. The number of fused-ring (bicyclic) bond motifs is 1. The molecule has 0 saturated heterocycles. The van der Waals surface area contributed by atoms with Crippen molar-refractivity contribution in [2.45, 2.75) is 18.4 Å². The molecule has 1 amide bonds. The van der Waals surface area contributed by atoms with Crippen molar-refractivity contribution < 1.29 is 24.2 Å². The van der Waals surface area contributed by atoms with Gasteiger partial charge >= 0.3 is 0 Å². The zero-order valence-electron chi connectivity index (χ0n) is 18.4. The Morgan fingerprint density at radius 1 is 1.03 bits per heavy atom. The maximum Gasteiger partial charge on any atom is 0.264 e. The highest BCUT2D eigenvalue weighted by Gasteiger charge is 2.51. The second-order valence-corrected chi connectivity index (χ2v) is 8.80. The van der Waals surface area contributed by atoms with Crippen molar-refractivity contribution in [1.29, 1.82) is 0 Å². The zero-order valence-corrected chi connectivity index (χ0v) is 20.0. The van der Waals surface area contributed by atoms with Crippen LogP contribution in [0.3, 0.4) is 0 Å². The number of ether oxygens (including phenoxy) is 2. The summed E-state index contributed by atoms with van der Waals surface area (Å²) in [7, 11) is 2.98. The van der Waals surface area contributed by atoms with Gasteiger partial charge in [-0.05, 0) is 42.3 Å². The molecule has 6 nitrogen and oxygen atoms in total. The van der Waals surface area contributed by atoms with Crippen LogP contribution in [0.2, 0.25) is 0 Å². The van der Waals surface area contributed by atoms with Crippen LogP contribution in [0.15, 0.2) is 71.2 Å². The van der Waals surface area contributed by atoms with E-state index in [-0.39, 0.29) is 5.56 Å². The minimum Gasteiger partial charge on any atom is -0.497 e. The number of benzene rings is 3. The molecule has 0 radical (unpaired) electrons. The highest BCUT2D eigenvalue weighted by atomic mass is 79.9. The number of ketones is 1. The topological polar surface area (TPSA) is 76.1 Å². The first-order valence-electron chi connectivity index (χ1n) is 10.5. The van der Waals surface area contributed by atoms with E-state index in [0.29, 0.717) is 40.2 Å². The second kappa shape index (κ2) is 9.37. The molecule has 0 spiro atoms. The minimum atomic E-state index is -1.97. The lowest BCUT2D eigenvalue weighted by atomic mass is 9.88. The van der Waals surface area contributed by atoms with E-state index in [0.717, 1.165) is 5.56 Å². The average Bonchev–Trinajstić information content (AvgIpc) is 3.03. The predicted molar refractivity (Wildman–Crippen MR) is 129 cm³/mol. The molecule has 3 aromatic rings. The predicted octanol–water partition coefficient (Wildman–Crippen LogP) is 4.52. The fourth-order valence-corrected chi connectivity index (χ4v) is 4.52. The molecule has 1 atom stereocenters. The van der Waals surface area contributed by atoms with Crippen LogP contribution in [0.5, 0.6) is 11.5 Å². The van der Waals surface area contributed by atoms with Crippen LogP contribution < -0.4 is 14.4 Å². The van der Waals surface area contributed by atoms with E-state index in [1.165, 1.54) is 14.2 Å². The number of carbonyl (C=O) groups is 2. The maximum atomic E-state index is 13.5. The lowest BCUT2D eigenvalue weighted by Gasteiger charge is -2.23. The summed E-state index contributed by atoms with van der Waals surface area (Å²) < 4.78 is 11.3. The van der Waals surface area contributed by atoms with E-state index < -0.39 is 23.7 Å². The Kier molecular flexibility index (Phi) is 6.54. The van der Waals surface area contributed by atoms with Crippen LogP contribution in [0.4, 0.5) is 5.69 Å². The molecule has 1 aliphatic rings. The number of hydrogen-bond donors (Lipinski definition) is 1. The molecule has 0 saturated carbocycles. The molecule has 4 rings (SSSR count). The highest BCUT2D eigenvalue weighted by molar-refractivity contribution is 9.10. The molecule has 0 aromatic heterocycles. The van der Waals surface area contributed by atoms with Gasteiger partial charge in [0.25, 0.3) is 5.91 Å². The number of methoxy groups -OCH3 is 2. The van der Waals surface area contributed by atoms with Gasteiger partial charge in [0, 0.05) is 22.6 Å². The normalized spacial score (nSPS) is 17.1. The van der Waals surface area contributed by atoms with Gasteiger partial charge in [0.05, 0.1) is 31.9 Å². The number of amides is 1. The molecule has 170 valence electrons. The van der Waals surface area contributed by atoms with Crippen LogP contribution in [-0.4, -0.2) is 37.6 Å². The van der Waals surface area contributed by atoms with Crippen molar-refractivity contribution >= 4 is 33.3 Å². The smallest absolute Gasteiger partial charge is 0.264 e. The van der Waals surface area contributed by atoms with E-state index in [1.54, 1.807) is 35.2 Å². The van der Waals surface area contributed by atoms with Gasteiger partial charge in [0.15, 0.2) is 11.4 Å². The Bertz CT molecular complexity index is 1200. The Labute approximate surface area is 200 Å². The largest absolute Gasteiger partial charge is 0.497 e. The Hall–Kier alpha value is -3.16. The van der Waals surface area contributed by atoms with Crippen LogP contribution in [0.1, 0.15) is 27.9 Å². The maximum absolute atomic E-state index is 13.5. The fourth-order valence-electron chi connectivity index (χ4n) is 4.16. The van der Waals surface area contributed by atoms with E-state index >= 15 is 0 Å². The third-order valence-electron chi connectivity index (χ3n) is 5.89. The molecule has 33 heavy (non-hydrogen) atoms. The third-order valence-corrected chi connectivity index (χ3v) is 6.38. The van der Waals surface area contributed by atoms with Gasteiger partial charge in [-0.3, -0.25) is 9.59 Å². The Morgan fingerprint density at radius 3 is 2.48 bits per heavy atom. The Balaban J connectivity index is 1.65. The second-order valence-electron chi connectivity index (χ2n) is 7.88. The summed E-state index contributed by atoms with van der Waals surface area (Å²) in [5.41, 5.74) is 0.404. The minimum absolute atomic E-state index is 0.277. The number of rotatable bonds is 8. The summed E-state index contributed by atoms with van der Waals surface area (Å²) in [6.45, 7) is 0.389. The lowest BCUT2D eigenvalue weighted by Crippen LogP contribution is -2.42. The summed E-state index contributed by atoms with van der Waals surface area (Å²) in [6, 6.07) is 20.0. The first kappa shape index (κ1) is 23.0. The number of nitrogens with zero attached hydrogens (tertiary/aromatic N) is 1. The third kappa shape index (κ3) is 4.38. The van der Waals surface area contributed by atoms with Gasteiger partial charge in [-0.1, -0.05) is 46.3 Å². The van der Waals surface area contributed by atoms with Crippen molar-refractivity contribution in [3.05, 3.63) is 87.9 Å². The summed E-state index contributed by atoms with van der Waals surface area (Å²) >= 11 is 3.42. The molecular weight excluding hydrogens is 486 g/mol. The van der Waals surface area contributed by atoms with E-state index in [2.05, 4.69) is 15.9 Å². The molecule has 1 N–H and O–H groups in total. The van der Waals surface area contributed by atoms with E-state index in [1.807, 2.05) is 36.4 Å². The van der Waals surface area contributed by atoms with Crippen molar-refractivity contribution in [3.63, 3.8) is 0 Å². The Morgan fingerprint density at radius 2 is 1.79 bits per heavy atom. The number of anilines is 1. The van der Waals surface area contributed by atoms with Crippen molar-refractivity contribution in [2.75, 3.05) is 25.7 Å². The molecule has 0 fully saturated rings. The summed E-state index contributed by atoms with van der Waals surface area (Å²) in [5, 5.41) is 11.6. The summed E-state index contributed by atoms with van der Waals surface area (Å²) in [5.74, 6) is -0.0437. The van der Waals surface area contributed by atoms with Crippen molar-refractivity contribution in [3.8, 4) is 11.5 Å². The average molecular weight is 510 g/mol. The van der Waals surface area contributed by atoms with Crippen molar-refractivity contribution in [2.24, 2.45) is 0 Å². The first-order valence-corrected chi connectivity index (χ1v) is 11.3. The molecule has 3 aromatic carbocycles. The van der Waals surface area contributed by atoms with Crippen LogP contribution in [-0.2, 0) is 16.8 Å². The van der Waals surface area contributed by atoms with Crippen LogP contribution >= 0.6 is 15.9 Å². The highest BCUT2D eigenvalue weighted by Crippen LogP contribution is 2.44. The quantitative estimate of drug-likeness (QED) is 0.452. The molecule has 7 heteroatoms. The standard InChI is InChI=1S/C26H24BrNO5/c1-32-19-9-10-20(24(15-19)33-2)23(29)16-26(31)21-14-18(27)8-11-22(21)28(25(26)30)13-12-17-6-4-3-5-7-17/h3-11,14-15,31H,12-13,16H2,1-2H3/t26-/m1/s1. The van der Waals surface area contributed by atoms with E-state index in [9.17, 15) is 14.7 Å². The monoisotopic (exact) mass is 509 g/mol. The molecular formula is C26H24BrNO5. The van der Waals surface area contributed by atoms with Gasteiger partial charge < -0.3 is 19.5 Å². The van der Waals surface area contributed by atoms with Gasteiger partial charge in [-0.2, -0.15) is 0 Å². The lowest BCUT2D eigenvalue weighted by molar-refractivity contribution is -0.135. The molecule has 1 aliphatic heterocycles. The van der Waals surface area contributed by atoms with Gasteiger partial charge in [-0.25, -0.2) is 0 Å². The van der Waals surface area contributed by atoms with Gasteiger partial charge in [-0.15, -0.1) is 0 Å². The van der Waals surface area contributed by atoms with Crippen LogP contribution in [0, 0.1) is 0 Å². The molecule has 0 aliphatic carbocycles. The molecule has 1 heterocycles. The van der Waals surface area contributed by atoms with Gasteiger partial charge in [0.2, 0.25) is 0 Å². The number of halogens is 1. The number of hydrogen-bond acceptors (Lipinski definition) is 5. The summed E-state index contributed by atoms with van der Waals surface area (Å²) in [6.07, 6.45) is 0.220. The van der Waals surface area contributed by atoms with Gasteiger partial charge in [0.1, 0.15) is 11.5 Å². The molecule has 0 bridgehead atoms. The number of carbonyl (C=O) groups excluding carboxylic acids is 2. The van der Waals surface area contributed by atoms with Crippen molar-refractivity contribution in [1.82, 2.24) is 0 Å².